The highest BCUT2D eigenvalue weighted by Gasteiger charge is 2.20. The minimum absolute atomic E-state index is 0.00662. The minimum Gasteiger partial charge on any atom is -0.454 e. The van der Waals surface area contributed by atoms with Crippen LogP contribution < -0.4 is 24.8 Å². The normalized spacial score (nSPS) is 12.8. The van der Waals surface area contributed by atoms with Gasteiger partial charge < -0.3 is 29.3 Å². The summed E-state index contributed by atoms with van der Waals surface area (Å²) in [5.74, 6) is 1.83. The SMILES string of the molecule is CCNC(=NCc1cc2c(cc1OC(F)F)OCO2)NCc1coc(-c2ccccc2)n1. The van der Waals surface area contributed by atoms with Crippen molar-refractivity contribution >= 4 is 5.96 Å². The summed E-state index contributed by atoms with van der Waals surface area (Å²) in [7, 11) is 0. The van der Waals surface area contributed by atoms with Crippen molar-refractivity contribution in [2.45, 2.75) is 26.6 Å². The van der Waals surface area contributed by atoms with Gasteiger partial charge in [0.2, 0.25) is 12.7 Å². The molecule has 0 radical (unpaired) electrons. The van der Waals surface area contributed by atoms with E-state index in [0.29, 0.717) is 47.7 Å². The zero-order chi connectivity index (χ0) is 22.3. The Morgan fingerprint density at radius 2 is 1.94 bits per heavy atom. The van der Waals surface area contributed by atoms with Crippen LogP contribution in [-0.4, -0.2) is 30.9 Å². The molecule has 2 heterocycles. The van der Waals surface area contributed by atoms with Gasteiger partial charge >= 0.3 is 6.61 Å². The fourth-order valence-electron chi connectivity index (χ4n) is 3.08. The number of rotatable bonds is 8. The molecule has 1 aromatic heterocycles. The van der Waals surface area contributed by atoms with E-state index in [2.05, 4.69) is 25.3 Å². The van der Waals surface area contributed by atoms with Gasteiger partial charge in [0.15, 0.2) is 17.5 Å². The van der Waals surface area contributed by atoms with Crippen LogP contribution in [0.5, 0.6) is 17.2 Å². The number of aromatic nitrogens is 1. The van der Waals surface area contributed by atoms with Gasteiger partial charge in [0.1, 0.15) is 12.0 Å². The lowest BCUT2D eigenvalue weighted by Crippen LogP contribution is -2.36. The Balaban J connectivity index is 1.45. The molecule has 8 nitrogen and oxygen atoms in total. The number of guanidine groups is 1. The summed E-state index contributed by atoms with van der Waals surface area (Å²) < 4.78 is 46.4. The van der Waals surface area contributed by atoms with Gasteiger partial charge in [0.05, 0.1) is 18.8 Å². The molecule has 4 rings (SSSR count). The highest BCUT2D eigenvalue weighted by atomic mass is 19.3. The molecule has 2 N–H and O–H groups in total. The van der Waals surface area contributed by atoms with Crippen LogP contribution in [0.2, 0.25) is 0 Å². The molecule has 1 aliphatic heterocycles. The Morgan fingerprint density at radius 1 is 1.16 bits per heavy atom. The van der Waals surface area contributed by atoms with E-state index in [9.17, 15) is 8.78 Å². The van der Waals surface area contributed by atoms with Crippen LogP contribution in [0.4, 0.5) is 8.78 Å². The molecule has 0 fully saturated rings. The third kappa shape index (κ3) is 5.26. The first-order valence-electron chi connectivity index (χ1n) is 10.0. The largest absolute Gasteiger partial charge is 0.454 e. The summed E-state index contributed by atoms with van der Waals surface area (Å²) in [6, 6.07) is 12.6. The van der Waals surface area contributed by atoms with Gasteiger partial charge in [0, 0.05) is 23.7 Å². The summed E-state index contributed by atoms with van der Waals surface area (Å²) in [6.07, 6.45) is 1.57. The summed E-state index contributed by atoms with van der Waals surface area (Å²) >= 11 is 0. The van der Waals surface area contributed by atoms with E-state index in [0.717, 1.165) is 5.56 Å². The summed E-state index contributed by atoms with van der Waals surface area (Å²) in [6.45, 7) is 0.0543. The van der Waals surface area contributed by atoms with Crippen molar-refractivity contribution in [1.29, 1.82) is 0 Å². The van der Waals surface area contributed by atoms with Crippen molar-refractivity contribution in [2.24, 2.45) is 4.99 Å². The molecule has 3 aromatic rings. The zero-order valence-electron chi connectivity index (χ0n) is 17.3. The zero-order valence-corrected chi connectivity index (χ0v) is 17.3. The van der Waals surface area contributed by atoms with Gasteiger partial charge in [-0.25, -0.2) is 9.98 Å². The number of nitrogens with one attached hydrogen (secondary N) is 2. The van der Waals surface area contributed by atoms with Crippen LogP contribution in [0, 0.1) is 0 Å². The number of aliphatic imine (C=N–C) groups is 1. The highest BCUT2D eigenvalue weighted by molar-refractivity contribution is 5.79. The quantitative estimate of drug-likeness (QED) is 0.402. The first-order valence-corrected chi connectivity index (χ1v) is 10.0. The number of fused-ring (bicyclic) bond motifs is 1. The van der Waals surface area contributed by atoms with Gasteiger partial charge in [-0.15, -0.1) is 0 Å². The number of nitrogens with zero attached hydrogens (tertiary/aromatic N) is 2. The maximum absolute atomic E-state index is 12.8. The van der Waals surface area contributed by atoms with Crippen LogP contribution in [0.15, 0.2) is 58.1 Å². The molecule has 0 saturated heterocycles. The summed E-state index contributed by atoms with van der Waals surface area (Å²) in [4.78, 5) is 8.94. The van der Waals surface area contributed by atoms with Crippen LogP contribution in [-0.2, 0) is 13.1 Å². The average Bonchev–Trinajstić information content (AvgIpc) is 3.45. The molecule has 0 aliphatic carbocycles. The second-order valence-corrected chi connectivity index (χ2v) is 6.75. The number of alkyl halides is 2. The lowest BCUT2D eigenvalue weighted by atomic mass is 10.1. The number of oxazole rings is 1. The molecule has 0 unspecified atom stereocenters. The Labute approximate surface area is 183 Å². The van der Waals surface area contributed by atoms with Crippen molar-refractivity contribution < 1.29 is 27.4 Å². The van der Waals surface area contributed by atoms with Gasteiger partial charge in [-0.3, -0.25) is 0 Å². The lowest BCUT2D eigenvalue weighted by molar-refractivity contribution is -0.0505. The first kappa shape index (κ1) is 21.4. The standard InChI is InChI=1S/C22H22F2N4O4/c1-2-25-22(27-11-16-12-29-20(28-16)14-6-4-3-5-7-14)26-10-15-8-18-19(31-13-30-18)9-17(15)32-21(23)24/h3-9,12,21H,2,10-11,13H2,1H3,(H2,25,26,27). The molecular weight excluding hydrogens is 422 g/mol. The Morgan fingerprint density at radius 3 is 2.69 bits per heavy atom. The van der Waals surface area contributed by atoms with Gasteiger partial charge in [-0.2, -0.15) is 8.78 Å². The average molecular weight is 444 g/mol. The molecular formula is C22H22F2N4O4. The van der Waals surface area contributed by atoms with E-state index >= 15 is 0 Å². The van der Waals surface area contributed by atoms with Crippen molar-refractivity contribution in [3.05, 3.63) is 60.0 Å². The maximum atomic E-state index is 12.8. The van der Waals surface area contributed by atoms with E-state index in [-0.39, 0.29) is 19.1 Å². The van der Waals surface area contributed by atoms with Crippen LogP contribution in [0.3, 0.4) is 0 Å². The van der Waals surface area contributed by atoms with Crippen molar-refractivity contribution in [1.82, 2.24) is 15.6 Å². The molecule has 0 spiro atoms. The molecule has 10 heteroatoms. The fraction of sp³-hybridized carbons (Fsp3) is 0.273. The smallest absolute Gasteiger partial charge is 0.387 e. The third-order valence-corrected chi connectivity index (χ3v) is 4.53. The molecule has 0 bridgehead atoms. The molecule has 0 amide bonds. The molecule has 32 heavy (non-hydrogen) atoms. The van der Waals surface area contributed by atoms with Crippen molar-refractivity contribution in [3.8, 4) is 28.7 Å². The summed E-state index contributed by atoms with van der Waals surface area (Å²) in [5.41, 5.74) is 2.02. The van der Waals surface area contributed by atoms with Gasteiger partial charge in [0.25, 0.3) is 0 Å². The fourth-order valence-corrected chi connectivity index (χ4v) is 3.08. The van der Waals surface area contributed by atoms with Crippen LogP contribution >= 0.6 is 0 Å². The second kappa shape index (κ2) is 9.99. The van der Waals surface area contributed by atoms with Crippen molar-refractivity contribution in [3.63, 3.8) is 0 Å². The van der Waals surface area contributed by atoms with Crippen LogP contribution in [0.1, 0.15) is 18.2 Å². The second-order valence-electron chi connectivity index (χ2n) is 6.75. The van der Waals surface area contributed by atoms with E-state index in [1.54, 1.807) is 12.3 Å². The predicted molar refractivity (Wildman–Crippen MR) is 113 cm³/mol. The maximum Gasteiger partial charge on any atom is 0.387 e. The first-order chi connectivity index (χ1) is 15.6. The molecule has 0 saturated carbocycles. The van der Waals surface area contributed by atoms with Gasteiger partial charge in [-0.05, 0) is 25.1 Å². The van der Waals surface area contributed by atoms with E-state index in [1.165, 1.54) is 6.07 Å². The Bertz CT molecular complexity index is 1070. The van der Waals surface area contributed by atoms with E-state index in [4.69, 9.17) is 13.9 Å². The monoisotopic (exact) mass is 444 g/mol. The number of ether oxygens (including phenoxy) is 3. The molecule has 1 aliphatic rings. The predicted octanol–water partition coefficient (Wildman–Crippen LogP) is 3.93. The van der Waals surface area contributed by atoms with E-state index < -0.39 is 6.61 Å². The number of benzene rings is 2. The molecule has 168 valence electrons. The van der Waals surface area contributed by atoms with E-state index in [1.807, 2.05) is 37.3 Å². The molecule has 0 atom stereocenters. The lowest BCUT2D eigenvalue weighted by Gasteiger charge is -2.13. The minimum atomic E-state index is -2.96. The van der Waals surface area contributed by atoms with Crippen molar-refractivity contribution in [2.75, 3.05) is 13.3 Å². The Kier molecular flexibility index (Phi) is 6.69. The highest BCUT2D eigenvalue weighted by Crippen LogP contribution is 2.39. The molecule has 2 aromatic carbocycles. The Hall–Kier alpha value is -3.82. The number of hydrogen-bond donors (Lipinski definition) is 2. The topological polar surface area (TPSA) is 90.1 Å². The summed E-state index contributed by atoms with van der Waals surface area (Å²) in [5, 5.41) is 6.27. The number of hydrogen-bond acceptors (Lipinski definition) is 6. The van der Waals surface area contributed by atoms with Crippen LogP contribution in [0.25, 0.3) is 11.5 Å². The third-order valence-electron chi connectivity index (χ3n) is 4.53. The van der Waals surface area contributed by atoms with Gasteiger partial charge in [-0.1, -0.05) is 18.2 Å². The number of halogens is 2.